The predicted molar refractivity (Wildman–Crippen MR) is 168 cm³/mol. The quantitative estimate of drug-likeness (QED) is 0.264. The van der Waals surface area contributed by atoms with Crippen molar-refractivity contribution >= 4 is 33.0 Å². The third-order valence-electron chi connectivity index (χ3n) is 8.34. The number of nitrogens with zero attached hydrogens (tertiary/aromatic N) is 3. The van der Waals surface area contributed by atoms with Gasteiger partial charge in [0.15, 0.2) is 28.3 Å². The van der Waals surface area contributed by atoms with Gasteiger partial charge in [-0.3, -0.25) is 14.6 Å². The van der Waals surface area contributed by atoms with Gasteiger partial charge < -0.3 is 14.1 Å². The average molecular weight is 651 g/mol. The molecule has 1 aromatic carbocycles. The highest BCUT2D eigenvalue weighted by molar-refractivity contribution is 7.92. The van der Waals surface area contributed by atoms with E-state index in [1.807, 2.05) is 30.3 Å². The SMILES string of the molecule is Cc1cccnc1C(=O)N1CCC(CC(=O)NOC2CCCCO2)(c2ccc(-c3ccc(-c4cnco4)cc3)s2)S(=O)(=O)CC1. The van der Waals surface area contributed by atoms with Crippen LogP contribution in [0.5, 0.6) is 0 Å². The van der Waals surface area contributed by atoms with Crippen LogP contribution in [0.2, 0.25) is 0 Å². The maximum absolute atomic E-state index is 14.3. The average Bonchev–Trinajstić information content (AvgIpc) is 3.75. The number of hydroxylamine groups is 1. The second-order valence-electron chi connectivity index (χ2n) is 11.2. The van der Waals surface area contributed by atoms with Crippen LogP contribution in [-0.2, 0) is 29.0 Å². The van der Waals surface area contributed by atoms with Gasteiger partial charge in [0.25, 0.3) is 5.91 Å². The second kappa shape index (κ2) is 13.2. The summed E-state index contributed by atoms with van der Waals surface area (Å²) in [5.74, 6) is -0.563. The number of aromatic nitrogens is 2. The number of ether oxygens (including phenoxy) is 1. The fourth-order valence-corrected chi connectivity index (χ4v) is 9.37. The number of sulfone groups is 1. The lowest BCUT2D eigenvalue weighted by Gasteiger charge is -2.31. The van der Waals surface area contributed by atoms with E-state index in [0.29, 0.717) is 29.2 Å². The van der Waals surface area contributed by atoms with Crippen molar-refractivity contribution in [2.24, 2.45) is 0 Å². The standard InChI is InChI=1S/C32H34N4O7S2/c1-22-5-4-14-34-30(22)31(38)36-15-13-32(45(39,40)18-16-36,19-28(37)35-43-29-6-2-3-17-41-29)27-12-11-26(44-27)24-9-7-23(8-10-24)25-20-33-21-42-25/h4-5,7-12,14,20-21,29H,2-3,6,13,15-19H2,1H3,(H,35,37). The lowest BCUT2D eigenvalue weighted by Crippen LogP contribution is -2.43. The number of aryl methyl sites for hydroxylation is 1. The third kappa shape index (κ3) is 6.57. The van der Waals surface area contributed by atoms with Crippen molar-refractivity contribution in [2.75, 3.05) is 25.4 Å². The number of hydrogen-bond acceptors (Lipinski definition) is 10. The largest absolute Gasteiger partial charge is 0.444 e. The van der Waals surface area contributed by atoms with E-state index in [4.69, 9.17) is 14.0 Å². The number of carbonyl (C=O) groups is 2. The van der Waals surface area contributed by atoms with Gasteiger partial charge in [0.2, 0.25) is 5.91 Å². The number of hydrogen-bond donors (Lipinski definition) is 1. The Balaban J connectivity index is 1.30. The van der Waals surface area contributed by atoms with Crippen molar-refractivity contribution in [3.63, 3.8) is 0 Å². The van der Waals surface area contributed by atoms with Gasteiger partial charge in [-0.2, -0.15) is 0 Å². The molecule has 5 heterocycles. The molecule has 13 heteroatoms. The molecule has 2 atom stereocenters. The van der Waals surface area contributed by atoms with Gasteiger partial charge in [0, 0.05) is 47.6 Å². The minimum Gasteiger partial charge on any atom is -0.444 e. The topological polar surface area (TPSA) is 141 Å². The lowest BCUT2D eigenvalue weighted by molar-refractivity contribution is -0.200. The minimum atomic E-state index is -3.95. The van der Waals surface area contributed by atoms with Crippen LogP contribution in [0.4, 0.5) is 0 Å². The highest BCUT2D eigenvalue weighted by Gasteiger charge is 2.50. The normalized spacial score (nSPS) is 21.6. The Morgan fingerprint density at radius 3 is 2.67 bits per heavy atom. The summed E-state index contributed by atoms with van der Waals surface area (Å²) in [6.45, 7) is 2.46. The Hall–Kier alpha value is -3.91. The first-order valence-electron chi connectivity index (χ1n) is 14.8. The van der Waals surface area contributed by atoms with Crippen LogP contribution < -0.4 is 5.48 Å². The molecular formula is C32H34N4O7S2. The van der Waals surface area contributed by atoms with Crippen LogP contribution >= 0.6 is 11.3 Å². The molecule has 45 heavy (non-hydrogen) atoms. The zero-order valence-corrected chi connectivity index (χ0v) is 26.4. The first-order valence-corrected chi connectivity index (χ1v) is 17.3. The van der Waals surface area contributed by atoms with Crippen LogP contribution in [0.1, 0.15) is 53.0 Å². The summed E-state index contributed by atoms with van der Waals surface area (Å²) >= 11 is 1.33. The van der Waals surface area contributed by atoms with Gasteiger partial charge >= 0.3 is 0 Å². The van der Waals surface area contributed by atoms with E-state index in [9.17, 15) is 18.0 Å². The van der Waals surface area contributed by atoms with Crippen molar-refractivity contribution in [3.05, 3.63) is 83.5 Å². The predicted octanol–water partition coefficient (Wildman–Crippen LogP) is 4.89. The maximum Gasteiger partial charge on any atom is 0.272 e. The summed E-state index contributed by atoms with van der Waals surface area (Å²) in [4.78, 5) is 43.5. The molecule has 0 spiro atoms. The molecule has 0 radical (unpaired) electrons. The fraction of sp³-hybridized carbons (Fsp3) is 0.375. The van der Waals surface area contributed by atoms with E-state index >= 15 is 0 Å². The molecule has 6 rings (SSSR count). The first-order chi connectivity index (χ1) is 21.8. The number of nitrogens with one attached hydrogen (secondary N) is 1. The Bertz CT molecular complexity index is 1750. The number of pyridine rings is 1. The summed E-state index contributed by atoms with van der Waals surface area (Å²) in [6, 6.07) is 14.9. The van der Waals surface area contributed by atoms with E-state index in [1.165, 1.54) is 22.6 Å². The van der Waals surface area contributed by atoms with Gasteiger partial charge in [-0.05, 0) is 55.5 Å². The molecule has 2 aliphatic heterocycles. The molecule has 2 aliphatic rings. The highest BCUT2D eigenvalue weighted by atomic mass is 32.2. The maximum atomic E-state index is 14.3. The van der Waals surface area contributed by atoms with E-state index in [2.05, 4.69) is 15.4 Å². The second-order valence-corrected chi connectivity index (χ2v) is 14.8. The number of rotatable bonds is 8. The summed E-state index contributed by atoms with van der Waals surface area (Å²) in [5, 5.41) is 0. The van der Waals surface area contributed by atoms with Crippen LogP contribution in [0.15, 0.2) is 71.7 Å². The van der Waals surface area contributed by atoms with Crippen LogP contribution in [0, 0.1) is 6.92 Å². The zero-order valence-electron chi connectivity index (χ0n) is 24.8. The Morgan fingerprint density at radius 1 is 1.11 bits per heavy atom. The Kier molecular flexibility index (Phi) is 9.13. The molecule has 11 nitrogen and oxygen atoms in total. The molecular weight excluding hydrogens is 617 g/mol. The summed E-state index contributed by atoms with van der Waals surface area (Å²) in [7, 11) is -3.95. The van der Waals surface area contributed by atoms with E-state index in [1.54, 1.807) is 37.5 Å². The van der Waals surface area contributed by atoms with Gasteiger partial charge in [-0.15, -0.1) is 11.3 Å². The van der Waals surface area contributed by atoms with Crippen molar-refractivity contribution < 1.29 is 32.0 Å². The minimum absolute atomic E-state index is 0.00566. The smallest absolute Gasteiger partial charge is 0.272 e. The number of carbonyl (C=O) groups excluding carboxylic acids is 2. The van der Waals surface area contributed by atoms with Crippen molar-refractivity contribution in [2.45, 2.75) is 50.1 Å². The fourth-order valence-electron chi connectivity index (χ4n) is 5.76. The summed E-state index contributed by atoms with van der Waals surface area (Å²) in [5.41, 5.74) is 5.20. The highest BCUT2D eigenvalue weighted by Crippen LogP contribution is 2.45. The third-order valence-corrected chi connectivity index (χ3v) is 12.3. The van der Waals surface area contributed by atoms with Gasteiger partial charge in [-0.1, -0.05) is 30.3 Å². The lowest BCUT2D eigenvalue weighted by atomic mass is 9.97. The molecule has 2 unspecified atom stereocenters. The number of benzene rings is 1. The molecule has 1 N–H and O–H groups in total. The number of amides is 2. The monoisotopic (exact) mass is 650 g/mol. The van der Waals surface area contributed by atoms with Crippen LogP contribution in [-0.4, -0.2) is 66.8 Å². The molecule has 2 saturated heterocycles. The van der Waals surface area contributed by atoms with Crippen LogP contribution in [0.25, 0.3) is 21.8 Å². The van der Waals surface area contributed by atoms with Gasteiger partial charge in [0.1, 0.15) is 10.4 Å². The Labute approximate surface area is 265 Å². The zero-order chi connectivity index (χ0) is 31.4. The van der Waals surface area contributed by atoms with E-state index in [0.717, 1.165) is 28.8 Å². The molecule has 0 aliphatic carbocycles. The first kappa shape index (κ1) is 31.1. The molecule has 0 bridgehead atoms. The number of oxazole rings is 1. The molecule has 3 aromatic heterocycles. The van der Waals surface area contributed by atoms with Crippen molar-refractivity contribution in [3.8, 4) is 21.8 Å². The number of thiophene rings is 1. The van der Waals surface area contributed by atoms with Crippen LogP contribution in [0.3, 0.4) is 0 Å². The summed E-state index contributed by atoms with van der Waals surface area (Å²) < 4.78 is 37.9. The molecule has 4 aromatic rings. The van der Waals surface area contributed by atoms with Crippen molar-refractivity contribution in [1.82, 2.24) is 20.3 Å². The molecule has 2 fully saturated rings. The van der Waals surface area contributed by atoms with E-state index in [-0.39, 0.29) is 43.3 Å². The molecule has 0 saturated carbocycles. The Morgan fingerprint density at radius 2 is 1.93 bits per heavy atom. The van der Waals surface area contributed by atoms with Gasteiger partial charge in [0.05, 0.1) is 18.4 Å². The molecule has 2 amide bonds. The van der Waals surface area contributed by atoms with Crippen molar-refractivity contribution in [1.29, 1.82) is 0 Å². The molecule has 236 valence electrons. The van der Waals surface area contributed by atoms with Gasteiger partial charge in [-0.25, -0.2) is 23.7 Å². The van der Waals surface area contributed by atoms with E-state index < -0.39 is 26.8 Å². The summed E-state index contributed by atoms with van der Waals surface area (Å²) in [6.07, 6.45) is 6.12.